The van der Waals surface area contributed by atoms with Gasteiger partial charge in [-0.25, -0.2) is 0 Å². The van der Waals surface area contributed by atoms with Crippen LogP contribution < -0.4 is 5.32 Å². The Labute approximate surface area is 104 Å². The number of anilines is 1. The fraction of sp³-hybridized carbons (Fsp3) is 0.167. The summed E-state index contributed by atoms with van der Waals surface area (Å²) < 4.78 is 0. The van der Waals surface area contributed by atoms with Gasteiger partial charge in [-0.2, -0.15) is 0 Å². The van der Waals surface area contributed by atoms with Crippen molar-refractivity contribution in [1.29, 1.82) is 0 Å². The Hall–Kier alpha value is -1.19. The van der Waals surface area contributed by atoms with Crippen LogP contribution in [0.25, 0.3) is 0 Å². The lowest BCUT2D eigenvalue weighted by atomic mass is 10.2. The third-order valence-corrected chi connectivity index (χ3v) is 3.58. The average Bonchev–Trinajstić information content (AvgIpc) is 2.66. The molecule has 0 radical (unpaired) electrons. The van der Waals surface area contributed by atoms with Gasteiger partial charge in [-0.1, -0.05) is 17.7 Å². The molecule has 84 valence electrons. The van der Waals surface area contributed by atoms with Gasteiger partial charge in [0.15, 0.2) is 0 Å². The van der Waals surface area contributed by atoms with Crippen molar-refractivity contribution in [2.24, 2.45) is 0 Å². The number of phenolic OH excluding ortho intramolecular Hbond substituents is 1. The van der Waals surface area contributed by atoms with Crippen molar-refractivity contribution in [1.82, 2.24) is 0 Å². The van der Waals surface area contributed by atoms with Gasteiger partial charge in [0, 0.05) is 28.6 Å². The van der Waals surface area contributed by atoms with Crippen LogP contribution in [0, 0.1) is 6.92 Å². The molecule has 0 aliphatic carbocycles. The maximum absolute atomic E-state index is 9.54. The maximum atomic E-state index is 9.54. The molecule has 2 aromatic rings. The van der Waals surface area contributed by atoms with Gasteiger partial charge >= 0.3 is 0 Å². The van der Waals surface area contributed by atoms with Gasteiger partial charge in [0.1, 0.15) is 5.75 Å². The number of aryl methyl sites for hydroxylation is 1. The van der Waals surface area contributed by atoms with Crippen LogP contribution in [0.2, 0.25) is 5.02 Å². The van der Waals surface area contributed by atoms with Crippen molar-refractivity contribution < 1.29 is 5.11 Å². The highest BCUT2D eigenvalue weighted by molar-refractivity contribution is 7.10. The summed E-state index contributed by atoms with van der Waals surface area (Å²) in [5.41, 5.74) is 1.79. The number of hydrogen-bond acceptors (Lipinski definition) is 3. The predicted octanol–water partition coefficient (Wildman–Crippen LogP) is 4.03. The Kier molecular flexibility index (Phi) is 3.36. The van der Waals surface area contributed by atoms with Gasteiger partial charge < -0.3 is 10.4 Å². The molecule has 0 bridgehead atoms. The van der Waals surface area contributed by atoms with E-state index in [1.54, 1.807) is 17.4 Å². The molecule has 0 amide bonds. The summed E-state index contributed by atoms with van der Waals surface area (Å²) in [6.45, 7) is 2.60. The van der Waals surface area contributed by atoms with Gasteiger partial charge in [-0.05, 0) is 24.6 Å². The molecule has 2 N–H and O–H groups in total. The van der Waals surface area contributed by atoms with Crippen LogP contribution in [0.1, 0.15) is 10.4 Å². The molecule has 0 aliphatic heterocycles. The zero-order valence-electron chi connectivity index (χ0n) is 8.83. The summed E-state index contributed by atoms with van der Waals surface area (Å²) in [5.74, 6) is 0.314. The van der Waals surface area contributed by atoms with Crippen LogP contribution in [0.5, 0.6) is 5.75 Å². The average molecular weight is 254 g/mol. The largest absolute Gasteiger partial charge is 0.508 e. The Morgan fingerprint density at radius 1 is 1.38 bits per heavy atom. The standard InChI is InChI=1S/C12H12ClNOS/c1-8-2-3-10(5-12(8)15)14-6-11-4-9(13)7-16-11/h2-5,7,14-15H,6H2,1H3. The summed E-state index contributed by atoms with van der Waals surface area (Å²) in [7, 11) is 0. The van der Waals surface area contributed by atoms with Crippen molar-refractivity contribution >= 4 is 28.6 Å². The fourth-order valence-corrected chi connectivity index (χ4v) is 2.37. The molecule has 0 saturated carbocycles. The van der Waals surface area contributed by atoms with Crippen LogP contribution in [0.4, 0.5) is 5.69 Å². The second-order valence-electron chi connectivity index (χ2n) is 3.59. The van der Waals surface area contributed by atoms with Crippen molar-refractivity contribution in [3.05, 3.63) is 45.1 Å². The summed E-state index contributed by atoms with van der Waals surface area (Å²) in [6, 6.07) is 7.50. The molecule has 0 aliphatic rings. The lowest BCUT2D eigenvalue weighted by molar-refractivity contribution is 0.471. The van der Waals surface area contributed by atoms with E-state index in [0.717, 1.165) is 22.8 Å². The van der Waals surface area contributed by atoms with Crippen LogP contribution in [-0.4, -0.2) is 5.11 Å². The Bertz CT molecular complexity index is 496. The van der Waals surface area contributed by atoms with Crippen LogP contribution in [-0.2, 0) is 6.54 Å². The fourth-order valence-electron chi connectivity index (χ4n) is 1.36. The first-order chi connectivity index (χ1) is 7.65. The molecule has 0 fully saturated rings. The van der Waals surface area contributed by atoms with Gasteiger partial charge in [0.2, 0.25) is 0 Å². The van der Waals surface area contributed by atoms with E-state index < -0.39 is 0 Å². The smallest absolute Gasteiger partial charge is 0.120 e. The molecular weight excluding hydrogens is 242 g/mol. The van der Waals surface area contributed by atoms with E-state index in [1.165, 1.54) is 4.88 Å². The Morgan fingerprint density at radius 2 is 2.19 bits per heavy atom. The number of nitrogens with one attached hydrogen (secondary N) is 1. The number of benzene rings is 1. The molecule has 0 saturated heterocycles. The SMILES string of the molecule is Cc1ccc(NCc2cc(Cl)cs2)cc1O. The first kappa shape index (κ1) is 11.3. The molecule has 16 heavy (non-hydrogen) atoms. The zero-order valence-corrected chi connectivity index (χ0v) is 10.4. The minimum Gasteiger partial charge on any atom is -0.508 e. The van der Waals surface area contributed by atoms with E-state index >= 15 is 0 Å². The number of thiophene rings is 1. The zero-order chi connectivity index (χ0) is 11.5. The summed E-state index contributed by atoms with van der Waals surface area (Å²) in [6.07, 6.45) is 0. The monoisotopic (exact) mass is 253 g/mol. The van der Waals surface area contributed by atoms with E-state index in [0.29, 0.717) is 5.75 Å². The second kappa shape index (κ2) is 4.76. The Morgan fingerprint density at radius 3 is 2.81 bits per heavy atom. The van der Waals surface area contributed by atoms with Gasteiger partial charge in [0.25, 0.3) is 0 Å². The number of rotatable bonds is 3. The summed E-state index contributed by atoms with van der Waals surface area (Å²) in [4.78, 5) is 1.17. The predicted molar refractivity (Wildman–Crippen MR) is 69.5 cm³/mol. The number of aromatic hydroxyl groups is 1. The maximum Gasteiger partial charge on any atom is 0.120 e. The number of phenols is 1. The van der Waals surface area contributed by atoms with E-state index in [4.69, 9.17) is 11.6 Å². The van der Waals surface area contributed by atoms with E-state index in [2.05, 4.69) is 5.32 Å². The van der Waals surface area contributed by atoms with Crippen LogP contribution in [0.3, 0.4) is 0 Å². The third-order valence-electron chi connectivity index (χ3n) is 2.30. The molecule has 0 spiro atoms. The van der Waals surface area contributed by atoms with Gasteiger partial charge in [0.05, 0.1) is 5.02 Å². The highest BCUT2D eigenvalue weighted by Crippen LogP contribution is 2.23. The lowest BCUT2D eigenvalue weighted by Gasteiger charge is -2.06. The van der Waals surface area contributed by atoms with Crippen LogP contribution >= 0.6 is 22.9 Å². The van der Waals surface area contributed by atoms with Gasteiger partial charge in [-0.3, -0.25) is 0 Å². The number of hydrogen-bond donors (Lipinski definition) is 2. The minimum absolute atomic E-state index is 0.314. The third kappa shape index (κ3) is 2.68. The first-order valence-corrected chi connectivity index (χ1v) is 6.17. The molecule has 0 atom stereocenters. The van der Waals surface area contributed by atoms with E-state index in [1.807, 2.05) is 30.5 Å². The summed E-state index contributed by atoms with van der Waals surface area (Å²) >= 11 is 7.45. The quantitative estimate of drug-likeness (QED) is 0.866. The highest BCUT2D eigenvalue weighted by Gasteiger charge is 2.00. The van der Waals surface area contributed by atoms with E-state index in [9.17, 15) is 5.11 Å². The molecule has 1 aromatic heterocycles. The Balaban J connectivity index is 2.02. The summed E-state index contributed by atoms with van der Waals surface area (Å²) in [5, 5.41) is 15.5. The number of halogens is 1. The van der Waals surface area contributed by atoms with Gasteiger partial charge in [-0.15, -0.1) is 11.3 Å². The van der Waals surface area contributed by atoms with Crippen molar-refractivity contribution in [2.75, 3.05) is 5.32 Å². The topological polar surface area (TPSA) is 32.3 Å². The second-order valence-corrected chi connectivity index (χ2v) is 5.02. The molecule has 2 nitrogen and oxygen atoms in total. The van der Waals surface area contributed by atoms with E-state index in [-0.39, 0.29) is 0 Å². The highest BCUT2D eigenvalue weighted by atomic mass is 35.5. The molecule has 0 unspecified atom stereocenters. The lowest BCUT2D eigenvalue weighted by Crippen LogP contribution is -1.97. The van der Waals surface area contributed by atoms with Crippen molar-refractivity contribution in [2.45, 2.75) is 13.5 Å². The van der Waals surface area contributed by atoms with Crippen molar-refractivity contribution in [3.8, 4) is 5.75 Å². The molecular formula is C12H12ClNOS. The minimum atomic E-state index is 0.314. The molecule has 1 aromatic carbocycles. The molecule has 2 rings (SSSR count). The van der Waals surface area contributed by atoms with Crippen molar-refractivity contribution in [3.63, 3.8) is 0 Å². The normalized spacial score (nSPS) is 10.4. The molecule has 4 heteroatoms. The first-order valence-electron chi connectivity index (χ1n) is 4.91. The molecule has 1 heterocycles. The van der Waals surface area contributed by atoms with Crippen LogP contribution in [0.15, 0.2) is 29.6 Å².